The molecule has 1 fully saturated rings. The number of esters is 1. The van der Waals surface area contributed by atoms with Gasteiger partial charge in [0.2, 0.25) is 6.29 Å². The third-order valence-electron chi connectivity index (χ3n) is 3.83. The molecule has 22 heavy (non-hydrogen) atoms. The summed E-state index contributed by atoms with van der Waals surface area (Å²) in [5.41, 5.74) is 0. The summed E-state index contributed by atoms with van der Waals surface area (Å²) in [6.07, 6.45) is -1.71. The molecule has 1 saturated heterocycles. The van der Waals surface area contributed by atoms with Crippen molar-refractivity contribution >= 4 is 5.97 Å². The van der Waals surface area contributed by atoms with Crippen molar-refractivity contribution in [2.24, 2.45) is 0 Å². The van der Waals surface area contributed by atoms with E-state index in [9.17, 15) is 18.0 Å². The molecule has 1 aliphatic rings. The van der Waals surface area contributed by atoms with Crippen LogP contribution in [-0.2, 0) is 14.3 Å². The monoisotopic (exact) mass is 324 g/mol. The molecule has 6 heteroatoms. The second-order valence-corrected chi connectivity index (χ2v) is 5.80. The highest BCUT2D eigenvalue weighted by Gasteiger charge is 2.23. The third-order valence-corrected chi connectivity index (χ3v) is 3.83. The molecule has 0 amide bonds. The Morgan fingerprint density at radius 2 is 2.00 bits per heavy atom. The minimum absolute atomic E-state index is 0.00477. The highest BCUT2D eigenvalue weighted by molar-refractivity contribution is 5.69. The van der Waals surface area contributed by atoms with Gasteiger partial charge in [-0.1, -0.05) is 6.92 Å². The van der Waals surface area contributed by atoms with Crippen LogP contribution < -0.4 is 0 Å². The molecule has 0 aromatic rings. The van der Waals surface area contributed by atoms with Gasteiger partial charge in [0.25, 0.3) is 0 Å². The average molecular weight is 324 g/mol. The first kappa shape index (κ1) is 19.3. The summed E-state index contributed by atoms with van der Waals surface area (Å²) in [4.78, 5) is 11.6. The van der Waals surface area contributed by atoms with E-state index >= 15 is 0 Å². The van der Waals surface area contributed by atoms with Crippen molar-refractivity contribution < 1.29 is 27.4 Å². The molecule has 1 rings (SSSR count). The van der Waals surface area contributed by atoms with E-state index in [4.69, 9.17) is 9.47 Å². The predicted octanol–water partition coefficient (Wildman–Crippen LogP) is 4.43. The van der Waals surface area contributed by atoms with Crippen LogP contribution in [0, 0.1) is 0 Å². The zero-order chi connectivity index (χ0) is 16.4. The zero-order valence-corrected chi connectivity index (χ0v) is 13.2. The van der Waals surface area contributed by atoms with Gasteiger partial charge >= 0.3 is 5.97 Å². The standard InChI is InChI=1S/C16H27F3O3/c1-2-12(17)11-14(19)13(18)7-3-4-8-15(20)22-16-9-5-6-10-21-16/h12-14,16H,2-11H2,1H3. The summed E-state index contributed by atoms with van der Waals surface area (Å²) < 4.78 is 50.3. The predicted molar refractivity (Wildman–Crippen MR) is 77.7 cm³/mol. The minimum Gasteiger partial charge on any atom is -0.436 e. The summed E-state index contributed by atoms with van der Waals surface area (Å²) in [5.74, 6) is -0.367. The van der Waals surface area contributed by atoms with Crippen LogP contribution >= 0.6 is 0 Å². The lowest BCUT2D eigenvalue weighted by Gasteiger charge is -2.22. The van der Waals surface area contributed by atoms with Crippen molar-refractivity contribution in [2.45, 2.75) is 89.5 Å². The lowest BCUT2D eigenvalue weighted by Crippen LogP contribution is -2.25. The molecular weight excluding hydrogens is 297 g/mol. The Morgan fingerprint density at radius 1 is 1.23 bits per heavy atom. The van der Waals surface area contributed by atoms with E-state index in [2.05, 4.69) is 0 Å². The number of alkyl halides is 3. The van der Waals surface area contributed by atoms with Crippen molar-refractivity contribution in [3.05, 3.63) is 0 Å². The maximum atomic E-state index is 13.5. The lowest BCUT2D eigenvalue weighted by molar-refractivity contribution is -0.186. The van der Waals surface area contributed by atoms with Gasteiger partial charge in [0.05, 0.1) is 6.61 Å². The first-order chi connectivity index (χ1) is 10.5. The molecule has 4 atom stereocenters. The van der Waals surface area contributed by atoms with Gasteiger partial charge in [-0.15, -0.1) is 0 Å². The van der Waals surface area contributed by atoms with Crippen molar-refractivity contribution in [2.75, 3.05) is 6.61 Å². The Bertz CT molecular complexity index is 309. The van der Waals surface area contributed by atoms with Crippen molar-refractivity contribution in [3.8, 4) is 0 Å². The molecule has 130 valence electrons. The van der Waals surface area contributed by atoms with Gasteiger partial charge in [0.1, 0.15) is 18.5 Å². The van der Waals surface area contributed by atoms with Gasteiger partial charge < -0.3 is 9.47 Å². The Hall–Kier alpha value is -0.780. The van der Waals surface area contributed by atoms with Crippen molar-refractivity contribution in [3.63, 3.8) is 0 Å². The Kier molecular flexibility index (Phi) is 9.52. The lowest BCUT2D eigenvalue weighted by atomic mass is 10.0. The molecule has 4 unspecified atom stereocenters. The van der Waals surface area contributed by atoms with Crippen LogP contribution in [-0.4, -0.2) is 37.4 Å². The van der Waals surface area contributed by atoms with Gasteiger partial charge in [0, 0.05) is 19.3 Å². The maximum absolute atomic E-state index is 13.5. The highest BCUT2D eigenvalue weighted by Crippen LogP contribution is 2.20. The molecule has 0 aromatic carbocycles. The van der Waals surface area contributed by atoms with Crippen LogP contribution in [0.5, 0.6) is 0 Å². The fraction of sp³-hybridized carbons (Fsp3) is 0.938. The summed E-state index contributed by atoms with van der Waals surface area (Å²) in [6, 6.07) is 0. The van der Waals surface area contributed by atoms with Gasteiger partial charge in [-0.3, -0.25) is 4.79 Å². The zero-order valence-electron chi connectivity index (χ0n) is 13.2. The molecule has 0 aliphatic carbocycles. The van der Waals surface area contributed by atoms with Crippen LogP contribution in [0.4, 0.5) is 13.2 Å². The molecule has 0 bridgehead atoms. The molecule has 1 heterocycles. The minimum atomic E-state index is -1.77. The summed E-state index contributed by atoms with van der Waals surface area (Å²) in [7, 11) is 0. The summed E-state index contributed by atoms with van der Waals surface area (Å²) in [5, 5.41) is 0. The second-order valence-electron chi connectivity index (χ2n) is 5.80. The van der Waals surface area contributed by atoms with E-state index in [0.717, 1.165) is 12.8 Å². The Morgan fingerprint density at radius 3 is 2.64 bits per heavy atom. The van der Waals surface area contributed by atoms with Gasteiger partial charge in [-0.05, 0) is 38.5 Å². The van der Waals surface area contributed by atoms with Gasteiger partial charge in [-0.2, -0.15) is 0 Å². The van der Waals surface area contributed by atoms with E-state index in [-0.39, 0.29) is 25.2 Å². The molecule has 3 nitrogen and oxygen atoms in total. The van der Waals surface area contributed by atoms with E-state index in [1.807, 2.05) is 0 Å². The quantitative estimate of drug-likeness (QED) is 0.440. The van der Waals surface area contributed by atoms with Crippen molar-refractivity contribution in [1.29, 1.82) is 0 Å². The van der Waals surface area contributed by atoms with Crippen LogP contribution in [0.25, 0.3) is 0 Å². The number of unbranched alkanes of at least 4 members (excludes halogenated alkanes) is 1. The van der Waals surface area contributed by atoms with Crippen LogP contribution in [0.15, 0.2) is 0 Å². The molecule has 0 spiro atoms. The molecular formula is C16H27F3O3. The van der Waals surface area contributed by atoms with Gasteiger partial charge in [0.15, 0.2) is 0 Å². The molecule has 0 N–H and O–H groups in total. The Labute approximate surface area is 130 Å². The fourth-order valence-corrected chi connectivity index (χ4v) is 2.36. The molecule has 0 radical (unpaired) electrons. The number of rotatable bonds is 10. The number of halogens is 3. The fourth-order valence-electron chi connectivity index (χ4n) is 2.36. The van der Waals surface area contributed by atoms with E-state index < -0.39 is 31.2 Å². The smallest absolute Gasteiger partial charge is 0.308 e. The van der Waals surface area contributed by atoms with Crippen LogP contribution in [0.2, 0.25) is 0 Å². The first-order valence-corrected chi connectivity index (χ1v) is 8.26. The molecule has 0 saturated carbocycles. The van der Waals surface area contributed by atoms with Crippen LogP contribution in [0.1, 0.15) is 64.7 Å². The van der Waals surface area contributed by atoms with Crippen molar-refractivity contribution in [1.82, 2.24) is 0 Å². The number of carbonyl (C=O) groups excluding carboxylic acids is 1. The summed E-state index contributed by atoms with van der Waals surface area (Å²) >= 11 is 0. The maximum Gasteiger partial charge on any atom is 0.308 e. The Balaban J connectivity index is 2.06. The topological polar surface area (TPSA) is 35.5 Å². The molecule has 1 aliphatic heterocycles. The SMILES string of the molecule is CCC(F)CC(F)C(F)CCCCC(=O)OC1CCCCO1. The van der Waals surface area contributed by atoms with E-state index in [1.54, 1.807) is 6.92 Å². The third kappa shape index (κ3) is 8.01. The summed E-state index contributed by atoms with van der Waals surface area (Å²) in [6.45, 7) is 2.21. The number of carbonyl (C=O) groups is 1. The first-order valence-electron chi connectivity index (χ1n) is 8.26. The van der Waals surface area contributed by atoms with Crippen LogP contribution in [0.3, 0.4) is 0 Å². The normalized spacial score (nSPS) is 22.8. The molecule has 0 aromatic heterocycles. The van der Waals surface area contributed by atoms with E-state index in [1.165, 1.54) is 0 Å². The highest BCUT2D eigenvalue weighted by atomic mass is 19.2. The largest absolute Gasteiger partial charge is 0.436 e. The number of ether oxygens (including phenoxy) is 2. The second kappa shape index (κ2) is 10.9. The number of hydrogen-bond donors (Lipinski definition) is 0. The average Bonchev–Trinajstić information content (AvgIpc) is 2.52. The number of hydrogen-bond acceptors (Lipinski definition) is 3. The van der Waals surface area contributed by atoms with Gasteiger partial charge in [-0.25, -0.2) is 13.2 Å². The van der Waals surface area contributed by atoms with E-state index in [0.29, 0.717) is 25.9 Å².